The van der Waals surface area contributed by atoms with Crippen molar-refractivity contribution in [3.05, 3.63) is 36.2 Å². The highest BCUT2D eigenvalue weighted by molar-refractivity contribution is 14.1. The lowest BCUT2D eigenvalue weighted by atomic mass is 10.1. The lowest BCUT2D eigenvalue weighted by molar-refractivity contribution is 0.466. The van der Waals surface area contributed by atoms with Gasteiger partial charge in [0.25, 0.3) is 0 Å². The average Bonchev–Trinajstić information content (AvgIpc) is 2.29. The summed E-state index contributed by atoms with van der Waals surface area (Å²) in [5.41, 5.74) is 2.45. The quantitative estimate of drug-likeness (QED) is 0.619. The van der Waals surface area contributed by atoms with Gasteiger partial charge >= 0.3 is 0 Å². The molecule has 0 N–H and O–H groups in total. The summed E-state index contributed by atoms with van der Waals surface area (Å²) in [7, 11) is 0. The fraction of sp³-hybridized carbons (Fsp3) is 0.385. The summed E-state index contributed by atoms with van der Waals surface area (Å²) < 4.78 is 6.67. The smallest absolute Gasteiger partial charge is 0.150 e. The van der Waals surface area contributed by atoms with Gasteiger partial charge in [-0.3, -0.25) is 0 Å². The van der Waals surface area contributed by atoms with Crippen LogP contribution < -0.4 is 9.64 Å². The van der Waals surface area contributed by atoms with E-state index < -0.39 is 0 Å². The number of hydrogen-bond acceptors (Lipinski definition) is 2. The maximum absolute atomic E-state index is 5.50. The van der Waals surface area contributed by atoms with Crippen LogP contribution in [0.2, 0.25) is 0 Å². The number of ether oxygens (including phenoxy) is 1. The van der Waals surface area contributed by atoms with E-state index in [0.717, 1.165) is 12.3 Å². The van der Waals surface area contributed by atoms with Crippen molar-refractivity contribution < 1.29 is 4.74 Å². The van der Waals surface area contributed by atoms with E-state index >= 15 is 0 Å². The third-order valence-electron chi connectivity index (χ3n) is 2.63. The van der Waals surface area contributed by atoms with Crippen LogP contribution in [-0.2, 0) is 0 Å². The number of anilines is 1. The van der Waals surface area contributed by atoms with Crippen molar-refractivity contribution in [2.24, 2.45) is 5.92 Å². The SMILES string of the molecule is Cc1ccc2c(c1)N(C[C@H](C)CI)C=CO2. The van der Waals surface area contributed by atoms with Crippen LogP contribution in [0.3, 0.4) is 0 Å². The molecule has 0 fully saturated rings. The number of aryl methyl sites for hydroxylation is 1. The van der Waals surface area contributed by atoms with E-state index in [9.17, 15) is 0 Å². The maximum Gasteiger partial charge on any atom is 0.150 e. The molecule has 0 spiro atoms. The lowest BCUT2D eigenvalue weighted by Crippen LogP contribution is -2.26. The molecule has 0 radical (unpaired) electrons. The molecule has 1 aliphatic rings. The Kier molecular flexibility index (Phi) is 3.74. The van der Waals surface area contributed by atoms with Crippen molar-refractivity contribution in [3.8, 4) is 5.75 Å². The largest absolute Gasteiger partial charge is 0.461 e. The molecule has 0 aliphatic carbocycles. The molecular formula is C13H16INO. The van der Waals surface area contributed by atoms with E-state index in [1.54, 1.807) is 6.26 Å². The summed E-state index contributed by atoms with van der Waals surface area (Å²) in [6.07, 6.45) is 3.78. The second-order valence-electron chi connectivity index (χ2n) is 4.29. The monoisotopic (exact) mass is 329 g/mol. The Labute approximate surface area is 110 Å². The predicted molar refractivity (Wildman–Crippen MR) is 76.3 cm³/mol. The van der Waals surface area contributed by atoms with Crippen molar-refractivity contribution in [2.75, 3.05) is 15.9 Å². The summed E-state index contributed by atoms with van der Waals surface area (Å²) in [5, 5.41) is 0. The molecular weight excluding hydrogens is 313 g/mol. The van der Waals surface area contributed by atoms with Crippen LogP contribution in [0.5, 0.6) is 5.75 Å². The van der Waals surface area contributed by atoms with Crippen molar-refractivity contribution in [3.63, 3.8) is 0 Å². The fourth-order valence-corrected chi connectivity index (χ4v) is 2.03. The molecule has 1 atom stereocenters. The molecule has 16 heavy (non-hydrogen) atoms. The summed E-state index contributed by atoms with van der Waals surface area (Å²) in [4.78, 5) is 2.27. The minimum atomic E-state index is 0.678. The molecule has 1 heterocycles. The lowest BCUT2D eigenvalue weighted by Gasteiger charge is -2.28. The van der Waals surface area contributed by atoms with Gasteiger partial charge in [0.2, 0.25) is 0 Å². The molecule has 1 aromatic carbocycles. The molecule has 2 nitrogen and oxygen atoms in total. The van der Waals surface area contributed by atoms with E-state index in [0.29, 0.717) is 5.92 Å². The molecule has 0 saturated carbocycles. The van der Waals surface area contributed by atoms with Crippen LogP contribution in [0.25, 0.3) is 0 Å². The first-order valence-electron chi connectivity index (χ1n) is 5.47. The highest BCUT2D eigenvalue weighted by Gasteiger charge is 2.16. The van der Waals surface area contributed by atoms with Crippen LogP contribution in [0.4, 0.5) is 5.69 Å². The van der Waals surface area contributed by atoms with Crippen molar-refractivity contribution in [1.29, 1.82) is 0 Å². The van der Waals surface area contributed by atoms with Crippen LogP contribution in [0.1, 0.15) is 12.5 Å². The van der Waals surface area contributed by atoms with Gasteiger partial charge in [0, 0.05) is 17.2 Å². The summed E-state index contributed by atoms with van der Waals surface area (Å²) in [6.45, 7) is 5.42. The molecule has 0 amide bonds. The van der Waals surface area contributed by atoms with Gasteiger partial charge < -0.3 is 9.64 Å². The van der Waals surface area contributed by atoms with Gasteiger partial charge in [-0.15, -0.1) is 0 Å². The molecule has 1 aliphatic heterocycles. The van der Waals surface area contributed by atoms with Crippen LogP contribution in [-0.4, -0.2) is 11.0 Å². The number of nitrogens with zero attached hydrogens (tertiary/aromatic N) is 1. The minimum Gasteiger partial charge on any atom is -0.461 e. The van der Waals surface area contributed by atoms with Crippen LogP contribution in [0.15, 0.2) is 30.7 Å². The second-order valence-corrected chi connectivity index (χ2v) is 5.17. The molecule has 0 aromatic heterocycles. The average molecular weight is 329 g/mol. The van der Waals surface area contributed by atoms with Crippen LogP contribution in [0, 0.1) is 12.8 Å². The number of halogens is 1. The Morgan fingerprint density at radius 1 is 1.44 bits per heavy atom. The Balaban J connectivity index is 2.25. The van der Waals surface area contributed by atoms with Crippen molar-refractivity contribution in [2.45, 2.75) is 13.8 Å². The number of benzene rings is 1. The Bertz CT molecular complexity index is 403. The van der Waals surface area contributed by atoms with Gasteiger partial charge in [0.05, 0.1) is 5.69 Å². The van der Waals surface area contributed by atoms with Gasteiger partial charge in [-0.05, 0) is 30.5 Å². The third-order valence-corrected chi connectivity index (χ3v) is 4.14. The first-order valence-corrected chi connectivity index (χ1v) is 7.00. The predicted octanol–water partition coefficient (Wildman–Crippen LogP) is 3.74. The first-order chi connectivity index (χ1) is 7.70. The first kappa shape index (κ1) is 11.8. The number of fused-ring (bicyclic) bond motifs is 1. The normalized spacial score (nSPS) is 15.6. The van der Waals surface area contributed by atoms with E-state index in [4.69, 9.17) is 4.74 Å². The van der Waals surface area contributed by atoms with E-state index in [1.165, 1.54) is 15.7 Å². The van der Waals surface area contributed by atoms with Gasteiger partial charge in [-0.1, -0.05) is 35.6 Å². The topological polar surface area (TPSA) is 12.5 Å². The van der Waals surface area contributed by atoms with Gasteiger partial charge in [0.1, 0.15) is 12.0 Å². The zero-order valence-corrected chi connectivity index (χ0v) is 11.8. The zero-order valence-electron chi connectivity index (χ0n) is 9.61. The molecule has 2 rings (SSSR count). The van der Waals surface area contributed by atoms with E-state index in [-0.39, 0.29) is 0 Å². The van der Waals surface area contributed by atoms with E-state index in [1.807, 2.05) is 12.3 Å². The summed E-state index contributed by atoms with van der Waals surface area (Å²) >= 11 is 2.43. The van der Waals surface area contributed by atoms with Gasteiger partial charge in [-0.2, -0.15) is 0 Å². The Hall–Kier alpha value is -0.710. The number of hydrogen-bond donors (Lipinski definition) is 0. The highest BCUT2D eigenvalue weighted by Crippen LogP contribution is 2.33. The highest BCUT2D eigenvalue weighted by atomic mass is 127. The fourth-order valence-electron chi connectivity index (χ4n) is 1.75. The number of alkyl halides is 1. The Morgan fingerprint density at radius 3 is 3.00 bits per heavy atom. The molecule has 0 bridgehead atoms. The zero-order chi connectivity index (χ0) is 11.5. The van der Waals surface area contributed by atoms with Crippen molar-refractivity contribution in [1.82, 2.24) is 0 Å². The van der Waals surface area contributed by atoms with E-state index in [2.05, 4.69) is 53.5 Å². The van der Waals surface area contributed by atoms with Gasteiger partial charge in [0.15, 0.2) is 0 Å². The maximum atomic E-state index is 5.50. The van der Waals surface area contributed by atoms with Crippen molar-refractivity contribution >= 4 is 28.3 Å². The summed E-state index contributed by atoms with van der Waals surface area (Å²) in [6, 6.07) is 6.30. The summed E-state index contributed by atoms with van der Waals surface area (Å²) in [5.74, 6) is 1.63. The molecule has 86 valence electrons. The molecule has 1 aromatic rings. The number of rotatable bonds is 3. The Morgan fingerprint density at radius 2 is 2.25 bits per heavy atom. The third kappa shape index (κ3) is 2.51. The minimum absolute atomic E-state index is 0.678. The van der Waals surface area contributed by atoms with Crippen LogP contribution >= 0.6 is 22.6 Å². The standard InChI is InChI=1S/C13H16INO/c1-10-3-4-13-12(7-10)15(5-6-16-13)9-11(2)8-14/h3-7,11H,8-9H2,1-2H3/t11-/m1/s1. The molecule has 3 heteroatoms. The van der Waals surface area contributed by atoms with Gasteiger partial charge in [-0.25, -0.2) is 0 Å². The molecule has 0 saturated heterocycles. The molecule has 0 unspecified atom stereocenters. The second kappa shape index (κ2) is 5.08.